The Morgan fingerprint density at radius 3 is 1.13 bits per heavy atom. The number of hydrogen-bond acceptors (Lipinski definition) is 3. The summed E-state index contributed by atoms with van der Waals surface area (Å²) in [5.74, 6) is 0. The molecule has 0 spiro atoms. The van der Waals surface area contributed by atoms with Crippen molar-refractivity contribution in [2.24, 2.45) is 0 Å². The van der Waals surface area contributed by atoms with Crippen LogP contribution in [0.1, 0.15) is 142 Å². The first kappa shape index (κ1) is 29.9. The zero-order valence-electron chi connectivity index (χ0n) is 20.9. The number of aliphatic hydroxyl groups is 2. The summed E-state index contributed by atoms with van der Waals surface area (Å²) in [4.78, 5) is 2.20. The molecule has 0 aromatic rings. The molecular formula is C27H57NO2. The standard InChI is InChI=1S/C27H57NO2/c1-3-4-5-6-7-8-9-10-11-12-13-14-15-16-17-18-19-20-21-22-23-28(24-25-29)27(2)26-30/h27,29-30H,3-26H2,1-2H3. The maximum absolute atomic E-state index is 9.27. The Labute approximate surface area is 190 Å². The van der Waals surface area contributed by atoms with E-state index in [4.69, 9.17) is 5.11 Å². The van der Waals surface area contributed by atoms with E-state index in [1.54, 1.807) is 0 Å². The summed E-state index contributed by atoms with van der Waals surface area (Å²) < 4.78 is 0. The molecule has 0 aromatic carbocycles. The lowest BCUT2D eigenvalue weighted by molar-refractivity contribution is 0.109. The molecule has 0 heterocycles. The number of nitrogens with zero attached hydrogens (tertiary/aromatic N) is 1. The summed E-state index contributed by atoms with van der Waals surface area (Å²) in [5.41, 5.74) is 0. The molecule has 0 saturated carbocycles. The van der Waals surface area contributed by atoms with Crippen LogP contribution < -0.4 is 0 Å². The third-order valence-electron chi connectivity index (χ3n) is 6.57. The Hall–Kier alpha value is -0.120. The molecule has 0 fully saturated rings. The molecule has 0 aliphatic heterocycles. The number of hydrogen-bond donors (Lipinski definition) is 2. The van der Waals surface area contributed by atoms with Crippen molar-refractivity contribution < 1.29 is 10.2 Å². The van der Waals surface area contributed by atoms with Crippen molar-refractivity contribution in [3.05, 3.63) is 0 Å². The summed E-state index contributed by atoms with van der Waals surface area (Å²) in [6.45, 7) is 6.37. The van der Waals surface area contributed by atoms with E-state index in [1.165, 1.54) is 128 Å². The monoisotopic (exact) mass is 427 g/mol. The third-order valence-corrected chi connectivity index (χ3v) is 6.57. The van der Waals surface area contributed by atoms with Gasteiger partial charge in [-0.2, -0.15) is 0 Å². The lowest BCUT2D eigenvalue weighted by Gasteiger charge is -2.26. The minimum atomic E-state index is 0.164. The molecule has 3 heteroatoms. The second-order valence-electron chi connectivity index (χ2n) is 9.51. The van der Waals surface area contributed by atoms with Crippen LogP contribution in [0, 0.1) is 0 Å². The zero-order chi connectivity index (χ0) is 22.1. The largest absolute Gasteiger partial charge is 0.395 e. The highest BCUT2D eigenvalue weighted by atomic mass is 16.3. The topological polar surface area (TPSA) is 43.7 Å². The van der Waals surface area contributed by atoms with E-state index in [9.17, 15) is 5.11 Å². The summed E-state index contributed by atoms with van der Waals surface area (Å²) in [7, 11) is 0. The molecule has 0 radical (unpaired) electrons. The van der Waals surface area contributed by atoms with E-state index >= 15 is 0 Å². The Kier molecular flexibility index (Phi) is 25.0. The van der Waals surface area contributed by atoms with Crippen LogP contribution >= 0.6 is 0 Å². The molecule has 3 nitrogen and oxygen atoms in total. The smallest absolute Gasteiger partial charge is 0.0584 e. The Balaban J connectivity index is 3.19. The second kappa shape index (κ2) is 25.1. The summed E-state index contributed by atoms with van der Waals surface area (Å²) in [6, 6.07) is 0.164. The molecule has 0 saturated heterocycles. The van der Waals surface area contributed by atoms with E-state index in [2.05, 4.69) is 11.8 Å². The van der Waals surface area contributed by atoms with Crippen LogP contribution in [0.4, 0.5) is 0 Å². The molecule has 182 valence electrons. The van der Waals surface area contributed by atoms with Gasteiger partial charge in [-0.1, -0.05) is 129 Å². The second-order valence-corrected chi connectivity index (χ2v) is 9.51. The van der Waals surface area contributed by atoms with Crippen LogP contribution in [0.25, 0.3) is 0 Å². The van der Waals surface area contributed by atoms with Crippen molar-refractivity contribution in [1.29, 1.82) is 0 Å². The highest BCUT2D eigenvalue weighted by Gasteiger charge is 2.11. The Bertz CT molecular complexity index is 311. The van der Waals surface area contributed by atoms with Crippen molar-refractivity contribution >= 4 is 0 Å². The molecule has 0 aromatic heterocycles. The quantitative estimate of drug-likeness (QED) is 0.148. The van der Waals surface area contributed by atoms with Gasteiger partial charge >= 0.3 is 0 Å². The van der Waals surface area contributed by atoms with Crippen LogP contribution in [0.5, 0.6) is 0 Å². The van der Waals surface area contributed by atoms with Crippen LogP contribution in [0.15, 0.2) is 0 Å². The van der Waals surface area contributed by atoms with Gasteiger partial charge in [-0.15, -0.1) is 0 Å². The predicted molar refractivity (Wildman–Crippen MR) is 133 cm³/mol. The van der Waals surface area contributed by atoms with Gasteiger partial charge in [0.2, 0.25) is 0 Å². The van der Waals surface area contributed by atoms with Gasteiger partial charge in [0, 0.05) is 12.6 Å². The number of unbranched alkanes of at least 4 members (excludes halogenated alkanes) is 19. The first-order valence-corrected chi connectivity index (χ1v) is 13.7. The first-order chi connectivity index (χ1) is 14.8. The number of rotatable bonds is 25. The van der Waals surface area contributed by atoms with E-state index in [1.807, 2.05) is 6.92 Å². The van der Waals surface area contributed by atoms with Crippen molar-refractivity contribution in [2.45, 2.75) is 148 Å². The van der Waals surface area contributed by atoms with Crippen LogP contribution in [-0.2, 0) is 0 Å². The van der Waals surface area contributed by atoms with E-state index in [-0.39, 0.29) is 19.3 Å². The SMILES string of the molecule is CCCCCCCCCCCCCCCCCCCCCCN(CCO)C(C)CO. The lowest BCUT2D eigenvalue weighted by atomic mass is 10.0. The highest BCUT2D eigenvalue weighted by Crippen LogP contribution is 2.15. The normalized spacial score (nSPS) is 12.7. The molecule has 0 amide bonds. The van der Waals surface area contributed by atoms with E-state index in [0.29, 0.717) is 6.54 Å². The molecule has 0 aliphatic carbocycles. The van der Waals surface area contributed by atoms with Gasteiger partial charge in [0.1, 0.15) is 0 Å². The van der Waals surface area contributed by atoms with Gasteiger partial charge in [0.15, 0.2) is 0 Å². The van der Waals surface area contributed by atoms with Crippen molar-refractivity contribution in [1.82, 2.24) is 4.90 Å². The average Bonchev–Trinajstić information content (AvgIpc) is 2.76. The fourth-order valence-electron chi connectivity index (χ4n) is 4.37. The molecular weight excluding hydrogens is 370 g/mol. The van der Waals surface area contributed by atoms with Crippen LogP contribution in [0.3, 0.4) is 0 Å². The molecule has 0 bridgehead atoms. The van der Waals surface area contributed by atoms with Crippen molar-refractivity contribution in [3.63, 3.8) is 0 Å². The van der Waals surface area contributed by atoms with Crippen molar-refractivity contribution in [3.8, 4) is 0 Å². The molecule has 2 N–H and O–H groups in total. The maximum Gasteiger partial charge on any atom is 0.0584 e. The van der Waals surface area contributed by atoms with Gasteiger partial charge in [0.25, 0.3) is 0 Å². The molecule has 30 heavy (non-hydrogen) atoms. The van der Waals surface area contributed by atoms with Gasteiger partial charge in [-0.25, -0.2) is 0 Å². The van der Waals surface area contributed by atoms with Crippen LogP contribution in [0.2, 0.25) is 0 Å². The molecule has 0 rings (SSSR count). The first-order valence-electron chi connectivity index (χ1n) is 13.7. The Morgan fingerprint density at radius 2 is 0.833 bits per heavy atom. The lowest BCUT2D eigenvalue weighted by Crippen LogP contribution is -2.38. The maximum atomic E-state index is 9.27. The summed E-state index contributed by atoms with van der Waals surface area (Å²) in [5, 5.41) is 18.4. The van der Waals surface area contributed by atoms with Gasteiger partial charge < -0.3 is 10.2 Å². The number of aliphatic hydroxyl groups excluding tert-OH is 2. The third kappa shape index (κ3) is 21.1. The molecule has 1 atom stereocenters. The minimum Gasteiger partial charge on any atom is -0.395 e. The van der Waals surface area contributed by atoms with E-state index in [0.717, 1.165) is 6.54 Å². The van der Waals surface area contributed by atoms with Gasteiger partial charge in [-0.05, 0) is 19.9 Å². The highest BCUT2D eigenvalue weighted by molar-refractivity contribution is 4.65. The van der Waals surface area contributed by atoms with Crippen molar-refractivity contribution in [2.75, 3.05) is 26.3 Å². The fraction of sp³-hybridized carbons (Fsp3) is 1.00. The predicted octanol–water partition coefficient (Wildman–Crippen LogP) is 7.48. The van der Waals surface area contributed by atoms with Gasteiger partial charge in [-0.3, -0.25) is 4.90 Å². The Morgan fingerprint density at radius 1 is 0.500 bits per heavy atom. The van der Waals surface area contributed by atoms with Crippen LogP contribution in [-0.4, -0.2) is 47.5 Å². The van der Waals surface area contributed by atoms with Gasteiger partial charge in [0.05, 0.1) is 13.2 Å². The summed E-state index contributed by atoms with van der Waals surface area (Å²) in [6.07, 6.45) is 28.2. The fourth-order valence-corrected chi connectivity index (χ4v) is 4.37. The molecule has 1 unspecified atom stereocenters. The van der Waals surface area contributed by atoms with E-state index < -0.39 is 0 Å². The molecule has 0 aliphatic rings. The summed E-state index contributed by atoms with van der Waals surface area (Å²) >= 11 is 0. The zero-order valence-corrected chi connectivity index (χ0v) is 20.9. The average molecular weight is 428 g/mol. The minimum absolute atomic E-state index is 0.164.